The van der Waals surface area contributed by atoms with Gasteiger partial charge in [0.05, 0.1) is 0 Å². The number of hydrogen-bond acceptors (Lipinski definition) is 1. The lowest BCUT2D eigenvalue weighted by Gasteiger charge is -2.34. The van der Waals surface area contributed by atoms with Crippen molar-refractivity contribution in [2.75, 3.05) is 6.54 Å². The number of carbonyl (C=O) groups is 1. The molecule has 2 heteroatoms. The Kier molecular flexibility index (Phi) is 9.98. The molecule has 0 aliphatic rings. The molecule has 0 aromatic rings. The Bertz CT molecular complexity index is 280. The summed E-state index contributed by atoms with van der Waals surface area (Å²) in [6, 6.07) is 0.375. The summed E-state index contributed by atoms with van der Waals surface area (Å²) in [5.41, 5.74) is 0.0758. The van der Waals surface area contributed by atoms with Gasteiger partial charge in [-0.05, 0) is 31.1 Å². The Labute approximate surface area is 133 Å². The lowest BCUT2D eigenvalue weighted by atomic mass is 9.90. The van der Waals surface area contributed by atoms with Gasteiger partial charge in [-0.25, -0.2) is 0 Å². The minimum atomic E-state index is 0.0758. The van der Waals surface area contributed by atoms with Gasteiger partial charge in [-0.1, -0.05) is 67.2 Å². The molecule has 1 amide bonds. The lowest BCUT2D eigenvalue weighted by molar-refractivity contribution is -0.136. The summed E-state index contributed by atoms with van der Waals surface area (Å²) in [6.07, 6.45) is 7.87. The first-order valence-electron chi connectivity index (χ1n) is 9.04. The van der Waals surface area contributed by atoms with Crippen LogP contribution in [0, 0.1) is 11.3 Å². The van der Waals surface area contributed by atoms with Gasteiger partial charge in [-0.3, -0.25) is 4.79 Å². The number of rotatable bonds is 10. The van der Waals surface area contributed by atoms with Crippen LogP contribution in [0.25, 0.3) is 0 Å². The third-order valence-electron chi connectivity index (χ3n) is 4.24. The molecule has 0 N–H and O–H groups in total. The van der Waals surface area contributed by atoms with E-state index in [0.717, 1.165) is 19.4 Å². The summed E-state index contributed by atoms with van der Waals surface area (Å²) in [5.74, 6) is 1.01. The van der Waals surface area contributed by atoms with Gasteiger partial charge in [-0.2, -0.15) is 0 Å². The van der Waals surface area contributed by atoms with Gasteiger partial charge in [0.25, 0.3) is 0 Å². The third kappa shape index (κ3) is 9.16. The Morgan fingerprint density at radius 1 is 1.05 bits per heavy atom. The summed E-state index contributed by atoms with van der Waals surface area (Å²) in [4.78, 5) is 14.9. The van der Waals surface area contributed by atoms with Crippen molar-refractivity contribution in [2.24, 2.45) is 11.3 Å². The molecule has 2 unspecified atom stereocenters. The van der Waals surface area contributed by atoms with E-state index >= 15 is 0 Å². The molecule has 2 nitrogen and oxygen atoms in total. The summed E-state index contributed by atoms with van der Waals surface area (Å²) in [5, 5.41) is 0. The van der Waals surface area contributed by atoms with Gasteiger partial charge in [-0.15, -0.1) is 0 Å². The van der Waals surface area contributed by atoms with Crippen molar-refractivity contribution in [3.05, 3.63) is 0 Å². The smallest absolute Gasteiger partial charge is 0.223 e. The van der Waals surface area contributed by atoms with Crippen molar-refractivity contribution in [2.45, 2.75) is 99.5 Å². The highest BCUT2D eigenvalue weighted by Crippen LogP contribution is 2.24. The normalized spacial score (nSPS) is 14.8. The van der Waals surface area contributed by atoms with E-state index in [1.54, 1.807) is 0 Å². The molecular formula is C19H39NO. The molecule has 0 rings (SSSR count). The molecule has 126 valence electrons. The average molecular weight is 298 g/mol. The molecule has 0 heterocycles. The molecule has 0 spiro atoms. The van der Waals surface area contributed by atoms with E-state index in [9.17, 15) is 4.79 Å². The maximum atomic E-state index is 12.7. The van der Waals surface area contributed by atoms with Gasteiger partial charge < -0.3 is 4.90 Å². The second kappa shape index (κ2) is 10.2. The van der Waals surface area contributed by atoms with E-state index in [1.807, 2.05) is 0 Å². The fraction of sp³-hybridized carbons (Fsp3) is 0.947. The summed E-state index contributed by atoms with van der Waals surface area (Å²) in [6.45, 7) is 16.3. The van der Waals surface area contributed by atoms with Gasteiger partial charge in [0.1, 0.15) is 0 Å². The van der Waals surface area contributed by atoms with Crippen LogP contribution in [0.5, 0.6) is 0 Å². The van der Waals surface area contributed by atoms with Gasteiger partial charge in [0.15, 0.2) is 0 Å². The third-order valence-corrected chi connectivity index (χ3v) is 4.24. The zero-order chi connectivity index (χ0) is 16.5. The monoisotopic (exact) mass is 297 g/mol. The number of hydrogen-bond donors (Lipinski definition) is 0. The Balaban J connectivity index is 4.82. The largest absolute Gasteiger partial charge is 0.340 e. The maximum Gasteiger partial charge on any atom is 0.223 e. The zero-order valence-corrected chi connectivity index (χ0v) is 15.7. The molecule has 0 saturated heterocycles. The maximum absolute atomic E-state index is 12.7. The molecular weight excluding hydrogens is 258 g/mol. The predicted molar refractivity (Wildman–Crippen MR) is 93.5 cm³/mol. The van der Waals surface area contributed by atoms with Crippen molar-refractivity contribution >= 4 is 5.91 Å². The van der Waals surface area contributed by atoms with Crippen LogP contribution in [0.3, 0.4) is 0 Å². The topological polar surface area (TPSA) is 20.3 Å². The van der Waals surface area contributed by atoms with E-state index in [4.69, 9.17) is 0 Å². The molecule has 0 aliphatic heterocycles. The highest BCUT2D eigenvalue weighted by molar-refractivity contribution is 5.77. The molecule has 2 atom stereocenters. The number of amides is 1. The van der Waals surface area contributed by atoms with E-state index in [-0.39, 0.29) is 5.41 Å². The van der Waals surface area contributed by atoms with Crippen molar-refractivity contribution in [3.8, 4) is 0 Å². The van der Waals surface area contributed by atoms with Crippen molar-refractivity contribution < 1.29 is 4.79 Å². The first kappa shape index (κ1) is 20.5. The molecule has 0 aliphatic carbocycles. The van der Waals surface area contributed by atoms with Gasteiger partial charge >= 0.3 is 0 Å². The van der Waals surface area contributed by atoms with Gasteiger partial charge in [0, 0.05) is 19.0 Å². The Hall–Kier alpha value is -0.530. The molecule has 0 bridgehead atoms. The van der Waals surface area contributed by atoms with Crippen LogP contribution in [0.4, 0.5) is 0 Å². The average Bonchev–Trinajstić information content (AvgIpc) is 2.37. The van der Waals surface area contributed by atoms with Crippen LogP contribution in [-0.4, -0.2) is 23.4 Å². The number of nitrogens with zero attached hydrogens (tertiary/aromatic N) is 1. The molecule has 0 fully saturated rings. The molecule has 0 aromatic carbocycles. The Morgan fingerprint density at radius 2 is 1.67 bits per heavy atom. The second-order valence-corrected chi connectivity index (χ2v) is 7.84. The van der Waals surface area contributed by atoms with Crippen molar-refractivity contribution in [1.82, 2.24) is 4.90 Å². The van der Waals surface area contributed by atoms with E-state index in [0.29, 0.717) is 24.3 Å². The standard InChI is InChI=1S/C19H39NO/c1-8-11-13-17(10-3)15-20(16(4)12-9-2)18(21)14-19(5,6)7/h16-17H,8-15H2,1-7H3. The highest BCUT2D eigenvalue weighted by Gasteiger charge is 2.26. The van der Waals surface area contributed by atoms with E-state index in [2.05, 4.69) is 53.4 Å². The van der Waals surface area contributed by atoms with Crippen LogP contribution in [0.1, 0.15) is 93.4 Å². The first-order chi connectivity index (χ1) is 9.75. The van der Waals surface area contributed by atoms with Crippen LogP contribution in [0.15, 0.2) is 0 Å². The highest BCUT2D eigenvalue weighted by atomic mass is 16.2. The minimum Gasteiger partial charge on any atom is -0.340 e. The molecule has 0 radical (unpaired) electrons. The van der Waals surface area contributed by atoms with Crippen LogP contribution < -0.4 is 0 Å². The molecule has 0 aromatic heterocycles. The number of carbonyl (C=O) groups excluding carboxylic acids is 1. The van der Waals surface area contributed by atoms with Gasteiger partial charge in [0.2, 0.25) is 5.91 Å². The van der Waals surface area contributed by atoms with Crippen molar-refractivity contribution in [3.63, 3.8) is 0 Å². The van der Waals surface area contributed by atoms with E-state index < -0.39 is 0 Å². The fourth-order valence-electron chi connectivity index (χ4n) is 2.85. The fourth-order valence-corrected chi connectivity index (χ4v) is 2.85. The van der Waals surface area contributed by atoms with Crippen LogP contribution >= 0.6 is 0 Å². The minimum absolute atomic E-state index is 0.0758. The summed E-state index contributed by atoms with van der Waals surface area (Å²) >= 11 is 0. The summed E-state index contributed by atoms with van der Waals surface area (Å²) < 4.78 is 0. The SMILES string of the molecule is CCCCC(CC)CN(C(=O)CC(C)(C)C)C(C)CCC. The summed E-state index contributed by atoms with van der Waals surface area (Å²) in [7, 11) is 0. The second-order valence-electron chi connectivity index (χ2n) is 7.84. The van der Waals surface area contributed by atoms with Crippen molar-refractivity contribution in [1.29, 1.82) is 0 Å². The first-order valence-corrected chi connectivity index (χ1v) is 9.04. The quantitative estimate of drug-likeness (QED) is 0.510. The van der Waals surface area contributed by atoms with Crippen LogP contribution in [0.2, 0.25) is 0 Å². The molecule has 21 heavy (non-hydrogen) atoms. The zero-order valence-electron chi connectivity index (χ0n) is 15.7. The number of unbranched alkanes of at least 4 members (excludes halogenated alkanes) is 1. The molecule has 0 saturated carbocycles. The lowest BCUT2D eigenvalue weighted by Crippen LogP contribution is -2.43. The van der Waals surface area contributed by atoms with E-state index in [1.165, 1.54) is 25.7 Å². The Morgan fingerprint density at radius 3 is 2.10 bits per heavy atom. The van der Waals surface area contributed by atoms with Crippen LogP contribution in [-0.2, 0) is 4.79 Å². The predicted octanol–water partition coefficient (Wildman–Crippen LogP) is 5.66.